The van der Waals surface area contributed by atoms with Crippen molar-refractivity contribution >= 4 is 16.9 Å². The molecule has 36 heavy (non-hydrogen) atoms. The number of alkyl halides is 3. The lowest BCUT2D eigenvalue weighted by Crippen LogP contribution is -2.09. The van der Waals surface area contributed by atoms with E-state index in [1.54, 1.807) is 4.57 Å². The zero-order chi connectivity index (χ0) is 25.8. The SMILES string of the molecule is CCc1nc2c(C)cc(C)nc2n1Cc1c2ccocc-2c(C(F)(F)F)c1-c1ccccc1[N+](=O)[O-]. The van der Waals surface area contributed by atoms with E-state index >= 15 is 0 Å². The number of rotatable bonds is 5. The molecule has 0 bridgehead atoms. The maximum Gasteiger partial charge on any atom is 0.417 e. The van der Waals surface area contributed by atoms with Crippen molar-refractivity contribution in [2.24, 2.45) is 0 Å². The van der Waals surface area contributed by atoms with Crippen LogP contribution in [-0.4, -0.2) is 19.5 Å². The van der Waals surface area contributed by atoms with E-state index in [0.717, 1.165) is 17.5 Å². The fourth-order valence-corrected chi connectivity index (χ4v) is 4.89. The predicted molar refractivity (Wildman–Crippen MR) is 128 cm³/mol. The molecule has 2 aliphatic rings. The highest BCUT2D eigenvalue weighted by atomic mass is 19.4. The zero-order valence-corrected chi connectivity index (χ0v) is 19.7. The number of pyridine rings is 1. The summed E-state index contributed by atoms with van der Waals surface area (Å²) in [7, 11) is 0. The van der Waals surface area contributed by atoms with Crippen molar-refractivity contribution in [1.29, 1.82) is 0 Å². The first kappa shape index (κ1) is 23.5. The molecule has 0 saturated carbocycles. The molecule has 184 valence electrons. The van der Waals surface area contributed by atoms with E-state index in [0.29, 0.717) is 29.0 Å². The Bertz CT molecular complexity index is 1600. The molecule has 5 rings (SSSR count). The van der Waals surface area contributed by atoms with E-state index in [-0.39, 0.29) is 28.8 Å². The van der Waals surface area contributed by atoms with Gasteiger partial charge < -0.3 is 8.98 Å². The van der Waals surface area contributed by atoms with Gasteiger partial charge in [0.1, 0.15) is 11.3 Å². The molecule has 1 aliphatic heterocycles. The normalized spacial score (nSPS) is 12.1. The lowest BCUT2D eigenvalue weighted by Gasteiger charge is -2.14. The van der Waals surface area contributed by atoms with Gasteiger partial charge in [-0.05, 0) is 48.7 Å². The molecule has 0 saturated heterocycles. The van der Waals surface area contributed by atoms with E-state index < -0.39 is 22.4 Å². The van der Waals surface area contributed by atoms with E-state index in [4.69, 9.17) is 9.40 Å². The number of aromatic nitrogens is 3. The average molecular weight is 494 g/mol. The smallest absolute Gasteiger partial charge is 0.417 e. The van der Waals surface area contributed by atoms with Gasteiger partial charge in [0.25, 0.3) is 5.69 Å². The third kappa shape index (κ3) is 3.69. The van der Waals surface area contributed by atoms with Crippen molar-refractivity contribution in [1.82, 2.24) is 14.5 Å². The van der Waals surface area contributed by atoms with E-state index in [1.165, 1.54) is 36.6 Å². The fraction of sp³-hybridized carbons (Fsp3) is 0.231. The zero-order valence-electron chi connectivity index (χ0n) is 19.7. The molecule has 0 unspecified atom stereocenters. The Kier molecular flexibility index (Phi) is 5.54. The number of hydrogen-bond acceptors (Lipinski definition) is 5. The van der Waals surface area contributed by atoms with Crippen LogP contribution in [0.4, 0.5) is 18.9 Å². The lowest BCUT2D eigenvalue weighted by atomic mass is 9.98. The first-order chi connectivity index (χ1) is 17.1. The fourth-order valence-electron chi connectivity index (χ4n) is 4.89. The van der Waals surface area contributed by atoms with E-state index in [9.17, 15) is 23.3 Å². The molecule has 3 aromatic rings. The Morgan fingerprint density at radius 2 is 1.83 bits per heavy atom. The van der Waals surface area contributed by atoms with Gasteiger partial charge in [0.2, 0.25) is 0 Å². The molecule has 1 aliphatic carbocycles. The largest absolute Gasteiger partial charge is 0.472 e. The number of fused-ring (bicyclic) bond motifs is 2. The average Bonchev–Trinajstić information content (AvgIpc) is 3.35. The molecular weight excluding hydrogens is 473 g/mol. The standard InChI is InChI=1S/C26H21F3N4O3/c1-4-21-31-24-14(2)11-15(3)30-25(24)32(21)12-18-16-9-10-36-13-19(16)23(26(27,28)29)22(18)17-7-5-6-8-20(17)33(34)35/h5-11,13H,4,12H2,1-3H3. The monoisotopic (exact) mass is 494 g/mol. The summed E-state index contributed by atoms with van der Waals surface area (Å²) >= 11 is 0. The van der Waals surface area contributed by atoms with Gasteiger partial charge in [-0.2, -0.15) is 13.2 Å². The highest BCUT2D eigenvalue weighted by molar-refractivity contribution is 5.93. The van der Waals surface area contributed by atoms with Gasteiger partial charge in [-0.15, -0.1) is 0 Å². The molecule has 0 fully saturated rings. The van der Waals surface area contributed by atoms with Crippen LogP contribution < -0.4 is 0 Å². The number of imidazole rings is 1. The summed E-state index contributed by atoms with van der Waals surface area (Å²) in [5.41, 5.74) is 1.61. The highest BCUT2D eigenvalue weighted by Gasteiger charge is 2.43. The van der Waals surface area contributed by atoms with Crippen molar-refractivity contribution in [2.45, 2.75) is 39.9 Å². The van der Waals surface area contributed by atoms with Gasteiger partial charge >= 0.3 is 6.18 Å². The van der Waals surface area contributed by atoms with Crippen LogP contribution in [0.3, 0.4) is 0 Å². The van der Waals surface area contributed by atoms with Gasteiger partial charge in [-0.1, -0.05) is 19.1 Å². The Morgan fingerprint density at radius 1 is 1.08 bits per heavy atom. The van der Waals surface area contributed by atoms with Crippen LogP contribution in [0.15, 0.2) is 53.3 Å². The number of nitro groups is 1. The number of halogens is 3. The topological polar surface area (TPSA) is 87.0 Å². The van der Waals surface area contributed by atoms with Gasteiger partial charge in [0, 0.05) is 29.3 Å². The quantitative estimate of drug-likeness (QED) is 0.195. The highest BCUT2D eigenvalue weighted by Crippen LogP contribution is 2.51. The molecule has 10 heteroatoms. The number of benzene rings is 1. The van der Waals surface area contributed by atoms with Crippen LogP contribution in [0.5, 0.6) is 0 Å². The summed E-state index contributed by atoms with van der Waals surface area (Å²) < 4.78 is 50.6. The third-order valence-corrected chi connectivity index (χ3v) is 6.32. The first-order valence-corrected chi connectivity index (χ1v) is 11.3. The summed E-state index contributed by atoms with van der Waals surface area (Å²) in [4.78, 5) is 20.5. The summed E-state index contributed by atoms with van der Waals surface area (Å²) in [5, 5.41) is 11.8. The van der Waals surface area contributed by atoms with Crippen LogP contribution in [-0.2, 0) is 19.1 Å². The molecular formula is C26H21F3N4O3. The Labute approximate surface area is 203 Å². The van der Waals surface area contributed by atoms with E-state index in [2.05, 4.69) is 4.98 Å². The van der Waals surface area contributed by atoms with Crippen molar-refractivity contribution < 1.29 is 22.5 Å². The minimum Gasteiger partial charge on any atom is -0.472 e. The second kappa shape index (κ2) is 8.47. The van der Waals surface area contributed by atoms with Crippen LogP contribution in [0, 0.1) is 24.0 Å². The van der Waals surface area contributed by atoms with Crippen molar-refractivity contribution in [3.8, 4) is 22.3 Å². The second-order valence-corrected chi connectivity index (χ2v) is 8.61. The van der Waals surface area contributed by atoms with Crippen molar-refractivity contribution in [3.63, 3.8) is 0 Å². The van der Waals surface area contributed by atoms with Gasteiger partial charge in [0.05, 0.1) is 35.1 Å². The van der Waals surface area contributed by atoms with Crippen molar-refractivity contribution in [2.75, 3.05) is 0 Å². The summed E-state index contributed by atoms with van der Waals surface area (Å²) in [5.74, 6) is 0.656. The minimum atomic E-state index is -4.79. The Hall–Kier alpha value is -4.21. The Balaban J connectivity index is 1.89. The van der Waals surface area contributed by atoms with Crippen LogP contribution in [0.1, 0.15) is 35.1 Å². The number of aryl methyl sites for hydroxylation is 3. The van der Waals surface area contributed by atoms with Crippen molar-refractivity contribution in [3.05, 3.63) is 87.2 Å². The molecule has 0 amide bonds. The molecule has 2 aromatic heterocycles. The molecule has 3 heterocycles. The second-order valence-electron chi connectivity index (χ2n) is 8.61. The Morgan fingerprint density at radius 3 is 2.53 bits per heavy atom. The van der Waals surface area contributed by atoms with Crippen LogP contribution >= 0.6 is 0 Å². The van der Waals surface area contributed by atoms with Gasteiger partial charge in [0.15, 0.2) is 5.65 Å². The van der Waals surface area contributed by atoms with Crippen LogP contribution in [0.2, 0.25) is 0 Å². The molecule has 7 nitrogen and oxygen atoms in total. The maximum atomic E-state index is 14.6. The first-order valence-electron chi connectivity index (χ1n) is 11.3. The predicted octanol–water partition coefficient (Wildman–Crippen LogP) is 6.95. The number of para-hydroxylation sites is 1. The number of nitro benzene ring substituents is 1. The number of hydrogen-bond donors (Lipinski definition) is 0. The lowest BCUT2D eigenvalue weighted by molar-refractivity contribution is -0.384. The molecule has 0 atom stereocenters. The number of nitrogens with zero attached hydrogens (tertiary/aromatic N) is 4. The molecule has 1 aromatic carbocycles. The van der Waals surface area contributed by atoms with Gasteiger partial charge in [-0.25, -0.2) is 9.97 Å². The van der Waals surface area contributed by atoms with Crippen LogP contribution in [0.25, 0.3) is 33.4 Å². The summed E-state index contributed by atoms with van der Waals surface area (Å²) in [6.07, 6.45) is -1.92. The maximum absolute atomic E-state index is 14.6. The van der Waals surface area contributed by atoms with Gasteiger partial charge in [-0.3, -0.25) is 10.1 Å². The summed E-state index contributed by atoms with van der Waals surface area (Å²) in [6, 6.07) is 8.85. The minimum absolute atomic E-state index is 0.00641. The van der Waals surface area contributed by atoms with E-state index in [1.807, 2.05) is 26.8 Å². The molecule has 0 N–H and O–H groups in total. The third-order valence-electron chi connectivity index (χ3n) is 6.32. The summed E-state index contributed by atoms with van der Waals surface area (Å²) in [6.45, 7) is 5.66. The molecule has 0 spiro atoms. The molecule has 0 radical (unpaired) electrons.